The van der Waals surface area contributed by atoms with E-state index in [-0.39, 0.29) is 23.4 Å². The molecule has 0 aliphatic heterocycles. The maximum Gasteiger partial charge on any atom is 0.264 e. The van der Waals surface area contributed by atoms with Gasteiger partial charge < -0.3 is 10.2 Å². The number of rotatable bonds is 11. The minimum Gasteiger partial charge on any atom is -0.352 e. The molecule has 0 unspecified atom stereocenters. The number of benzene rings is 3. The second-order valence-corrected chi connectivity index (χ2v) is 13.5. The number of amides is 2. The van der Waals surface area contributed by atoms with Gasteiger partial charge in [0.2, 0.25) is 11.8 Å². The third-order valence-corrected chi connectivity index (χ3v) is 10.2. The lowest BCUT2D eigenvalue weighted by atomic mass is 10.1. The highest BCUT2D eigenvalue weighted by Crippen LogP contribution is 2.29. The van der Waals surface area contributed by atoms with Gasteiger partial charge in [0.25, 0.3) is 10.0 Å². The maximum atomic E-state index is 14.2. The molecule has 1 aliphatic carbocycles. The number of carbonyl (C=O) groups is 2. The summed E-state index contributed by atoms with van der Waals surface area (Å²) in [6.45, 7) is 5.08. The van der Waals surface area contributed by atoms with Crippen molar-refractivity contribution in [1.29, 1.82) is 0 Å². The van der Waals surface area contributed by atoms with E-state index in [1.54, 1.807) is 55.5 Å². The number of hydrogen-bond acceptors (Lipinski definition) is 4. The van der Waals surface area contributed by atoms with Crippen LogP contribution < -0.4 is 9.62 Å². The van der Waals surface area contributed by atoms with Crippen LogP contribution in [-0.4, -0.2) is 43.8 Å². The molecule has 0 radical (unpaired) electrons. The maximum absolute atomic E-state index is 14.2. The smallest absolute Gasteiger partial charge is 0.264 e. The summed E-state index contributed by atoms with van der Waals surface area (Å²) < 4.78 is 29.2. The molecule has 7 nitrogen and oxygen atoms in total. The second-order valence-electron chi connectivity index (χ2n) is 10.8. The molecule has 0 aromatic heterocycles. The summed E-state index contributed by atoms with van der Waals surface area (Å²) in [5.74, 6) is -0.755. The largest absolute Gasteiger partial charge is 0.352 e. The molecule has 1 fully saturated rings. The number of nitrogens with one attached hydrogen (secondary N) is 1. The van der Waals surface area contributed by atoms with E-state index in [4.69, 9.17) is 23.2 Å². The number of para-hydroxylation sites is 1. The molecule has 0 saturated heterocycles. The van der Waals surface area contributed by atoms with E-state index in [1.165, 1.54) is 17.0 Å². The number of anilines is 1. The second kappa shape index (κ2) is 13.9. The summed E-state index contributed by atoms with van der Waals surface area (Å²) in [4.78, 5) is 29.3. The van der Waals surface area contributed by atoms with Crippen LogP contribution in [0.25, 0.3) is 0 Å². The van der Waals surface area contributed by atoms with Gasteiger partial charge in [0.15, 0.2) is 0 Å². The first-order valence-corrected chi connectivity index (χ1v) is 16.4. The van der Waals surface area contributed by atoms with Crippen LogP contribution in [0.5, 0.6) is 0 Å². The Labute approximate surface area is 258 Å². The van der Waals surface area contributed by atoms with Gasteiger partial charge in [-0.1, -0.05) is 84.9 Å². The molecule has 0 bridgehead atoms. The zero-order valence-electron chi connectivity index (χ0n) is 24.1. The Kier molecular flexibility index (Phi) is 10.6. The van der Waals surface area contributed by atoms with Gasteiger partial charge in [0.05, 0.1) is 20.6 Å². The van der Waals surface area contributed by atoms with Crippen LogP contribution in [0.2, 0.25) is 10.0 Å². The molecule has 1 saturated carbocycles. The molecular formula is C32H37Cl2N3O4S. The monoisotopic (exact) mass is 629 g/mol. The van der Waals surface area contributed by atoms with Crippen molar-refractivity contribution in [2.24, 2.45) is 0 Å². The zero-order valence-corrected chi connectivity index (χ0v) is 26.5. The van der Waals surface area contributed by atoms with E-state index in [2.05, 4.69) is 5.32 Å². The number of nitrogens with zero attached hydrogens (tertiary/aromatic N) is 2. The molecule has 0 spiro atoms. The molecule has 42 heavy (non-hydrogen) atoms. The fraction of sp³-hybridized carbons (Fsp3) is 0.375. The summed E-state index contributed by atoms with van der Waals surface area (Å²) in [5.41, 5.74) is 2.68. The van der Waals surface area contributed by atoms with Crippen LogP contribution in [0.4, 0.5) is 5.69 Å². The van der Waals surface area contributed by atoms with Crippen molar-refractivity contribution in [2.75, 3.05) is 10.8 Å². The highest BCUT2D eigenvalue weighted by atomic mass is 35.5. The number of sulfonamides is 1. The van der Waals surface area contributed by atoms with Crippen LogP contribution in [0.3, 0.4) is 0 Å². The molecule has 4 rings (SSSR count). The molecule has 3 aromatic carbocycles. The highest BCUT2D eigenvalue weighted by Gasteiger charge is 2.35. The van der Waals surface area contributed by atoms with E-state index in [9.17, 15) is 18.0 Å². The fourth-order valence-electron chi connectivity index (χ4n) is 5.32. The summed E-state index contributed by atoms with van der Waals surface area (Å²) in [5, 5.41) is 3.82. The molecular weight excluding hydrogens is 593 g/mol. The predicted molar refractivity (Wildman–Crippen MR) is 168 cm³/mol. The number of aryl methyl sites for hydroxylation is 2. The molecule has 1 atom stereocenters. The summed E-state index contributed by atoms with van der Waals surface area (Å²) >= 11 is 12.4. The van der Waals surface area contributed by atoms with E-state index >= 15 is 0 Å². The summed E-state index contributed by atoms with van der Waals surface area (Å²) in [6.07, 6.45) is 4.25. The predicted octanol–water partition coefficient (Wildman–Crippen LogP) is 6.67. The Balaban J connectivity index is 1.73. The standard InChI is InChI=1S/C32H37Cl2N3O4S/c1-4-29(32(39)35-25-10-6-7-11-25)36(20-24-15-18-27(33)28(34)19-24)31(38)21-37(30-12-8-5-9-23(30)3)42(40,41)26-16-13-22(2)14-17-26/h5,8-9,12-19,25,29H,4,6-7,10-11,20-21H2,1-3H3,(H,35,39)/t29-/m1/s1. The SMILES string of the molecule is CC[C@H](C(=O)NC1CCCC1)N(Cc1ccc(Cl)c(Cl)c1)C(=O)CN(c1ccccc1C)S(=O)(=O)c1ccc(C)cc1. The summed E-state index contributed by atoms with van der Waals surface area (Å²) in [7, 11) is -4.13. The summed E-state index contributed by atoms with van der Waals surface area (Å²) in [6, 6.07) is 17.9. The number of hydrogen-bond donors (Lipinski definition) is 1. The molecule has 224 valence electrons. The van der Waals surface area contributed by atoms with Gasteiger partial charge in [-0.3, -0.25) is 13.9 Å². The quantitative estimate of drug-likeness (QED) is 0.256. The van der Waals surface area contributed by atoms with Crippen LogP contribution in [-0.2, 0) is 26.2 Å². The Morgan fingerprint density at radius 3 is 2.24 bits per heavy atom. The first-order valence-electron chi connectivity index (χ1n) is 14.2. The van der Waals surface area contributed by atoms with Gasteiger partial charge in [0.1, 0.15) is 12.6 Å². The average Bonchev–Trinajstić information content (AvgIpc) is 3.47. The lowest BCUT2D eigenvalue weighted by Crippen LogP contribution is -2.53. The minimum absolute atomic E-state index is 0.0541. The lowest BCUT2D eigenvalue weighted by Gasteiger charge is -2.34. The van der Waals surface area contributed by atoms with Crippen molar-refractivity contribution < 1.29 is 18.0 Å². The van der Waals surface area contributed by atoms with E-state index in [0.717, 1.165) is 35.6 Å². The lowest BCUT2D eigenvalue weighted by molar-refractivity contribution is -0.140. The van der Waals surface area contributed by atoms with Crippen molar-refractivity contribution in [3.8, 4) is 0 Å². The van der Waals surface area contributed by atoms with Gasteiger partial charge in [-0.2, -0.15) is 0 Å². The van der Waals surface area contributed by atoms with Gasteiger partial charge in [-0.05, 0) is 74.6 Å². The Hall–Kier alpha value is -3.07. The van der Waals surface area contributed by atoms with Gasteiger partial charge in [-0.15, -0.1) is 0 Å². The van der Waals surface area contributed by atoms with Crippen LogP contribution in [0.15, 0.2) is 71.6 Å². The van der Waals surface area contributed by atoms with Gasteiger partial charge >= 0.3 is 0 Å². The zero-order chi connectivity index (χ0) is 30.4. The van der Waals surface area contributed by atoms with Crippen LogP contribution in [0.1, 0.15) is 55.7 Å². The fourth-order valence-corrected chi connectivity index (χ4v) is 7.12. The molecule has 1 aliphatic rings. The van der Waals surface area contributed by atoms with E-state index in [1.807, 2.05) is 19.9 Å². The first-order chi connectivity index (χ1) is 20.0. The topological polar surface area (TPSA) is 86.8 Å². The van der Waals surface area contributed by atoms with Crippen LogP contribution >= 0.6 is 23.2 Å². The van der Waals surface area contributed by atoms with Crippen molar-refractivity contribution in [2.45, 2.75) is 76.4 Å². The van der Waals surface area contributed by atoms with E-state index in [0.29, 0.717) is 33.3 Å². The van der Waals surface area contributed by atoms with Crippen molar-refractivity contribution in [3.63, 3.8) is 0 Å². The Morgan fingerprint density at radius 2 is 1.62 bits per heavy atom. The van der Waals surface area contributed by atoms with Crippen molar-refractivity contribution >= 4 is 50.7 Å². The van der Waals surface area contributed by atoms with E-state index < -0.39 is 28.5 Å². The first kappa shape index (κ1) is 31.9. The molecule has 0 heterocycles. The third kappa shape index (κ3) is 7.46. The third-order valence-electron chi connectivity index (χ3n) is 7.70. The average molecular weight is 631 g/mol. The number of carbonyl (C=O) groups excluding carboxylic acids is 2. The van der Waals surface area contributed by atoms with Gasteiger partial charge in [-0.25, -0.2) is 8.42 Å². The Bertz CT molecular complexity index is 1520. The van der Waals surface area contributed by atoms with Gasteiger partial charge in [0, 0.05) is 12.6 Å². The Morgan fingerprint density at radius 1 is 0.952 bits per heavy atom. The molecule has 3 aromatic rings. The van der Waals surface area contributed by atoms with Crippen LogP contribution in [0, 0.1) is 13.8 Å². The molecule has 1 N–H and O–H groups in total. The van der Waals surface area contributed by atoms with Crippen molar-refractivity contribution in [1.82, 2.24) is 10.2 Å². The van der Waals surface area contributed by atoms with Crippen molar-refractivity contribution in [3.05, 3.63) is 93.5 Å². The highest BCUT2D eigenvalue weighted by molar-refractivity contribution is 7.92. The molecule has 2 amide bonds. The normalized spacial score (nSPS) is 14.4. The molecule has 10 heteroatoms. The number of halogens is 2. The minimum atomic E-state index is -4.13.